The average molecular weight is 212 g/mol. The van der Waals surface area contributed by atoms with Gasteiger partial charge in [0.2, 0.25) is 0 Å². The van der Waals surface area contributed by atoms with Crippen molar-refractivity contribution in [3.8, 4) is 0 Å². The maximum atomic E-state index is 10.7. The SMILES string of the molecule is CCON=C(NOCC)P(=O)(O)O. The maximum absolute atomic E-state index is 10.7. The third-order valence-corrected chi connectivity index (χ3v) is 1.59. The van der Waals surface area contributed by atoms with E-state index in [1.807, 2.05) is 5.48 Å². The number of nitrogens with zero attached hydrogens (tertiary/aromatic N) is 1. The van der Waals surface area contributed by atoms with Crippen LogP contribution in [0.3, 0.4) is 0 Å². The fourth-order valence-corrected chi connectivity index (χ4v) is 0.741. The zero-order valence-corrected chi connectivity index (χ0v) is 8.32. The van der Waals surface area contributed by atoms with Crippen LogP contribution >= 0.6 is 7.60 Å². The molecule has 7 nitrogen and oxygen atoms in total. The van der Waals surface area contributed by atoms with Crippen molar-refractivity contribution in [1.29, 1.82) is 0 Å². The minimum absolute atomic E-state index is 0.220. The van der Waals surface area contributed by atoms with Crippen molar-refractivity contribution in [2.24, 2.45) is 5.16 Å². The van der Waals surface area contributed by atoms with Crippen LogP contribution in [-0.4, -0.2) is 28.6 Å². The van der Waals surface area contributed by atoms with Gasteiger partial charge in [-0.25, -0.2) is 5.48 Å². The molecule has 0 heterocycles. The number of amidine groups is 1. The van der Waals surface area contributed by atoms with Crippen LogP contribution in [0.25, 0.3) is 0 Å². The summed E-state index contributed by atoms with van der Waals surface area (Å²) in [4.78, 5) is 26.4. The van der Waals surface area contributed by atoms with Gasteiger partial charge in [-0.3, -0.25) is 9.40 Å². The summed E-state index contributed by atoms with van der Waals surface area (Å²) >= 11 is 0. The molecule has 0 aliphatic heterocycles. The second-order valence-corrected chi connectivity index (χ2v) is 3.42. The fraction of sp³-hybridized carbons (Fsp3) is 0.800. The Hall–Kier alpha value is -0.620. The molecule has 0 aromatic heterocycles. The molecule has 0 bridgehead atoms. The first-order valence-electron chi connectivity index (χ1n) is 3.66. The maximum Gasteiger partial charge on any atom is 0.396 e. The molecule has 0 amide bonds. The molecule has 0 aliphatic carbocycles. The van der Waals surface area contributed by atoms with Crippen molar-refractivity contribution in [1.82, 2.24) is 5.48 Å². The van der Waals surface area contributed by atoms with E-state index in [0.717, 1.165) is 0 Å². The molecule has 13 heavy (non-hydrogen) atoms. The number of hydroxylamine groups is 1. The van der Waals surface area contributed by atoms with Gasteiger partial charge in [-0.2, -0.15) is 0 Å². The predicted molar refractivity (Wildman–Crippen MR) is 45.9 cm³/mol. The molecule has 0 aromatic carbocycles. The molecule has 78 valence electrons. The van der Waals surface area contributed by atoms with Crippen LogP contribution in [0.2, 0.25) is 0 Å². The highest BCUT2D eigenvalue weighted by Crippen LogP contribution is 2.35. The summed E-state index contributed by atoms with van der Waals surface area (Å²) < 4.78 is 10.7. The molecular formula is C5H13N2O5P. The monoisotopic (exact) mass is 212 g/mol. The fourth-order valence-electron chi connectivity index (χ4n) is 0.394. The van der Waals surface area contributed by atoms with E-state index in [9.17, 15) is 4.57 Å². The summed E-state index contributed by atoms with van der Waals surface area (Å²) in [6, 6.07) is 0. The lowest BCUT2D eigenvalue weighted by molar-refractivity contribution is 0.0893. The molecule has 0 saturated carbocycles. The topological polar surface area (TPSA) is 100 Å². The van der Waals surface area contributed by atoms with Gasteiger partial charge in [0.05, 0.1) is 6.61 Å². The summed E-state index contributed by atoms with van der Waals surface area (Å²) in [7, 11) is -4.45. The molecule has 0 spiro atoms. The van der Waals surface area contributed by atoms with E-state index >= 15 is 0 Å². The first-order chi connectivity index (χ1) is 6.02. The summed E-state index contributed by atoms with van der Waals surface area (Å²) in [5.74, 6) is 0. The van der Waals surface area contributed by atoms with Crippen LogP contribution in [0, 0.1) is 0 Å². The van der Waals surface area contributed by atoms with E-state index in [-0.39, 0.29) is 13.2 Å². The summed E-state index contributed by atoms with van der Waals surface area (Å²) in [6.07, 6.45) is 0. The van der Waals surface area contributed by atoms with Crippen molar-refractivity contribution < 1.29 is 24.0 Å². The number of nitrogens with one attached hydrogen (secondary N) is 1. The minimum atomic E-state index is -4.45. The highest BCUT2D eigenvalue weighted by molar-refractivity contribution is 7.70. The zero-order valence-electron chi connectivity index (χ0n) is 7.43. The Bertz CT molecular complexity index is 213. The van der Waals surface area contributed by atoms with Gasteiger partial charge in [-0.15, -0.1) is 0 Å². The number of hydrogen-bond donors (Lipinski definition) is 3. The number of hydrogen-bond acceptors (Lipinski definition) is 4. The van der Waals surface area contributed by atoms with Crippen LogP contribution in [0.15, 0.2) is 5.16 Å². The van der Waals surface area contributed by atoms with Crippen LogP contribution in [0.4, 0.5) is 0 Å². The Kier molecular flexibility index (Phi) is 5.65. The molecule has 0 rings (SSSR count). The van der Waals surface area contributed by atoms with Crippen LogP contribution in [-0.2, 0) is 14.2 Å². The van der Waals surface area contributed by atoms with Gasteiger partial charge in [0.1, 0.15) is 6.61 Å². The number of oxime groups is 1. The Labute approximate surface area is 75.8 Å². The third-order valence-electron chi connectivity index (χ3n) is 0.864. The van der Waals surface area contributed by atoms with Crippen LogP contribution in [0.5, 0.6) is 0 Å². The molecule has 8 heteroatoms. The van der Waals surface area contributed by atoms with Crippen molar-refractivity contribution in [3.63, 3.8) is 0 Å². The summed E-state index contributed by atoms with van der Waals surface area (Å²) in [5, 5.41) is 3.17. The Balaban J connectivity index is 4.28. The second kappa shape index (κ2) is 5.93. The van der Waals surface area contributed by atoms with Crippen molar-refractivity contribution in [3.05, 3.63) is 0 Å². The predicted octanol–water partition coefficient (Wildman–Crippen LogP) is 0.0127. The van der Waals surface area contributed by atoms with Crippen molar-refractivity contribution in [2.75, 3.05) is 13.2 Å². The average Bonchev–Trinajstić information content (AvgIpc) is 2.02. The van der Waals surface area contributed by atoms with E-state index in [1.54, 1.807) is 13.8 Å². The van der Waals surface area contributed by atoms with Crippen LogP contribution in [0.1, 0.15) is 13.8 Å². The lowest BCUT2D eigenvalue weighted by atomic mass is 10.9. The summed E-state index contributed by atoms with van der Waals surface area (Å²) in [5.41, 5.74) is 1.38. The Morgan fingerprint density at radius 3 is 2.46 bits per heavy atom. The second-order valence-electron chi connectivity index (χ2n) is 1.91. The zero-order chi connectivity index (χ0) is 10.3. The quantitative estimate of drug-likeness (QED) is 0.257. The van der Waals surface area contributed by atoms with E-state index in [1.165, 1.54) is 0 Å². The van der Waals surface area contributed by atoms with Gasteiger partial charge < -0.3 is 14.6 Å². The van der Waals surface area contributed by atoms with E-state index < -0.39 is 13.2 Å². The molecule has 0 aliphatic rings. The molecule has 0 aromatic rings. The van der Waals surface area contributed by atoms with E-state index in [4.69, 9.17) is 9.79 Å². The van der Waals surface area contributed by atoms with Crippen LogP contribution < -0.4 is 5.48 Å². The lowest BCUT2D eigenvalue weighted by Gasteiger charge is -2.08. The molecule has 0 saturated heterocycles. The largest absolute Gasteiger partial charge is 0.396 e. The van der Waals surface area contributed by atoms with Gasteiger partial charge in [0.25, 0.3) is 5.58 Å². The molecule has 0 radical (unpaired) electrons. The van der Waals surface area contributed by atoms with E-state index in [2.05, 4.69) is 14.8 Å². The third kappa shape index (κ3) is 5.59. The Morgan fingerprint density at radius 1 is 1.46 bits per heavy atom. The standard InChI is InChI=1S/C5H13N2O5P/c1-3-11-6-5(7-12-4-2)13(8,9)10/h3-4H2,1-2H3,(H,6,7)(H2,8,9,10). The molecule has 3 N–H and O–H groups in total. The summed E-state index contributed by atoms with van der Waals surface area (Å²) in [6.45, 7) is 3.77. The first kappa shape index (κ1) is 12.4. The molecular weight excluding hydrogens is 199 g/mol. The normalized spacial score (nSPS) is 12.8. The smallest absolute Gasteiger partial charge is 0.394 e. The van der Waals surface area contributed by atoms with Gasteiger partial charge in [-0.1, -0.05) is 5.16 Å². The van der Waals surface area contributed by atoms with E-state index in [0.29, 0.717) is 0 Å². The molecule has 0 unspecified atom stereocenters. The lowest BCUT2D eigenvalue weighted by Crippen LogP contribution is -2.24. The van der Waals surface area contributed by atoms with Gasteiger partial charge in [-0.05, 0) is 13.8 Å². The first-order valence-corrected chi connectivity index (χ1v) is 5.27. The van der Waals surface area contributed by atoms with Gasteiger partial charge in [0.15, 0.2) is 0 Å². The van der Waals surface area contributed by atoms with Gasteiger partial charge in [0, 0.05) is 0 Å². The molecule has 0 fully saturated rings. The highest BCUT2D eigenvalue weighted by atomic mass is 31.2. The molecule has 0 atom stereocenters. The van der Waals surface area contributed by atoms with Gasteiger partial charge >= 0.3 is 7.60 Å². The number of rotatable bonds is 5. The Morgan fingerprint density at radius 2 is 2.08 bits per heavy atom. The van der Waals surface area contributed by atoms with Crippen molar-refractivity contribution >= 4 is 13.2 Å². The minimum Gasteiger partial charge on any atom is -0.394 e. The highest BCUT2D eigenvalue weighted by Gasteiger charge is 2.24. The van der Waals surface area contributed by atoms with Crippen molar-refractivity contribution in [2.45, 2.75) is 13.8 Å².